The van der Waals surface area contributed by atoms with E-state index in [1.165, 1.54) is 6.20 Å². The van der Waals surface area contributed by atoms with Gasteiger partial charge >= 0.3 is 0 Å². The van der Waals surface area contributed by atoms with Crippen LogP contribution in [0.2, 0.25) is 5.02 Å². The monoisotopic (exact) mass is 378 g/mol. The second-order valence-corrected chi connectivity index (χ2v) is 6.30. The number of pyridine rings is 1. The van der Waals surface area contributed by atoms with Crippen molar-refractivity contribution in [3.05, 3.63) is 89.6 Å². The predicted octanol–water partition coefficient (Wildman–Crippen LogP) is 3.42. The van der Waals surface area contributed by atoms with Gasteiger partial charge in [-0.05, 0) is 29.8 Å². The van der Waals surface area contributed by atoms with Crippen molar-refractivity contribution in [2.45, 2.75) is 6.54 Å². The van der Waals surface area contributed by atoms with Gasteiger partial charge in [0, 0.05) is 35.9 Å². The van der Waals surface area contributed by atoms with Crippen LogP contribution in [0.15, 0.2) is 73.4 Å². The van der Waals surface area contributed by atoms with Gasteiger partial charge in [0.25, 0.3) is 5.91 Å². The lowest BCUT2D eigenvalue weighted by Gasteiger charge is -2.02. The number of amides is 1. The molecule has 0 atom stereocenters. The fourth-order valence-electron chi connectivity index (χ4n) is 2.58. The Bertz CT molecular complexity index is 1070. The van der Waals surface area contributed by atoms with Crippen molar-refractivity contribution in [3.8, 4) is 5.69 Å². The molecule has 0 unspecified atom stereocenters. The van der Waals surface area contributed by atoms with Crippen molar-refractivity contribution in [3.63, 3.8) is 0 Å². The topological polar surface area (TPSA) is 77.6 Å². The maximum atomic E-state index is 12.4. The lowest BCUT2D eigenvalue weighted by molar-refractivity contribution is 0.102. The molecule has 0 saturated heterocycles. The number of carbonyl (C=O) groups is 1. The van der Waals surface area contributed by atoms with Gasteiger partial charge < -0.3 is 5.32 Å². The second kappa shape index (κ2) is 7.43. The maximum absolute atomic E-state index is 12.4. The number of aromatic nitrogens is 5. The summed E-state index contributed by atoms with van der Waals surface area (Å²) < 4.78 is 3.34. The standard InChI is InChI=1S/C19H15ClN6O/c20-16-4-1-5-17(9-16)26-13-15(11-22-26)19(27)23-18-6-8-25(24-18)12-14-3-2-7-21-10-14/h1-11,13H,12H2,(H,23,24,27). The largest absolute Gasteiger partial charge is 0.305 e. The molecule has 0 saturated carbocycles. The van der Waals surface area contributed by atoms with Gasteiger partial charge in [-0.1, -0.05) is 23.7 Å². The summed E-state index contributed by atoms with van der Waals surface area (Å²) in [6.07, 6.45) is 8.46. The molecule has 0 fully saturated rings. The third kappa shape index (κ3) is 4.04. The lowest BCUT2D eigenvalue weighted by atomic mass is 10.3. The van der Waals surface area contributed by atoms with Crippen LogP contribution in [0.1, 0.15) is 15.9 Å². The van der Waals surface area contributed by atoms with Gasteiger partial charge in [0.05, 0.1) is 24.0 Å². The van der Waals surface area contributed by atoms with Crippen LogP contribution in [-0.4, -0.2) is 30.5 Å². The van der Waals surface area contributed by atoms with Crippen LogP contribution in [-0.2, 0) is 6.54 Å². The SMILES string of the molecule is O=C(Nc1ccn(Cc2cccnc2)n1)c1cnn(-c2cccc(Cl)c2)c1. The van der Waals surface area contributed by atoms with E-state index in [9.17, 15) is 4.79 Å². The summed E-state index contributed by atoms with van der Waals surface area (Å²) >= 11 is 6.00. The zero-order chi connectivity index (χ0) is 18.6. The first-order chi connectivity index (χ1) is 13.2. The van der Waals surface area contributed by atoms with Gasteiger partial charge in [0.15, 0.2) is 5.82 Å². The van der Waals surface area contributed by atoms with E-state index < -0.39 is 0 Å². The fraction of sp³-hybridized carbons (Fsp3) is 0.0526. The van der Waals surface area contributed by atoms with Gasteiger partial charge in [-0.2, -0.15) is 10.2 Å². The molecule has 1 amide bonds. The Morgan fingerprint density at radius 2 is 2.07 bits per heavy atom. The Morgan fingerprint density at radius 3 is 2.89 bits per heavy atom. The van der Waals surface area contributed by atoms with E-state index >= 15 is 0 Å². The number of halogens is 1. The predicted molar refractivity (Wildman–Crippen MR) is 102 cm³/mol. The number of anilines is 1. The van der Waals surface area contributed by atoms with Crippen molar-refractivity contribution in [2.75, 3.05) is 5.32 Å². The average Bonchev–Trinajstić information content (AvgIpc) is 3.32. The van der Waals surface area contributed by atoms with Gasteiger partial charge in [0.2, 0.25) is 0 Å². The smallest absolute Gasteiger partial charge is 0.260 e. The van der Waals surface area contributed by atoms with Crippen molar-refractivity contribution in [1.29, 1.82) is 0 Å². The van der Waals surface area contributed by atoms with Gasteiger partial charge in [-0.25, -0.2) is 4.68 Å². The molecule has 134 valence electrons. The zero-order valence-electron chi connectivity index (χ0n) is 14.2. The molecule has 7 nitrogen and oxygen atoms in total. The minimum Gasteiger partial charge on any atom is -0.305 e. The summed E-state index contributed by atoms with van der Waals surface area (Å²) in [5, 5.41) is 12.0. The van der Waals surface area contributed by atoms with E-state index in [2.05, 4.69) is 20.5 Å². The molecule has 0 aliphatic rings. The molecule has 3 heterocycles. The summed E-state index contributed by atoms with van der Waals surface area (Å²) in [5.41, 5.74) is 2.24. The van der Waals surface area contributed by atoms with Crippen molar-refractivity contribution in [2.24, 2.45) is 0 Å². The molecular weight excluding hydrogens is 364 g/mol. The molecule has 27 heavy (non-hydrogen) atoms. The first-order valence-electron chi connectivity index (χ1n) is 8.22. The number of hydrogen-bond donors (Lipinski definition) is 1. The van der Waals surface area contributed by atoms with Crippen molar-refractivity contribution < 1.29 is 4.79 Å². The van der Waals surface area contributed by atoms with Crippen LogP contribution in [0.4, 0.5) is 5.82 Å². The van der Waals surface area contributed by atoms with E-state index in [1.54, 1.807) is 52.4 Å². The third-order valence-electron chi connectivity index (χ3n) is 3.87. The van der Waals surface area contributed by atoms with Crippen LogP contribution in [0.25, 0.3) is 5.69 Å². The summed E-state index contributed by atoms with van der Waals surface area (Å²) in [4.78, 5) is 16.5. The molecule has 4 rings (SSSR count). The molecule has 0 radical (unpaired) electrons. The fourth-order valence-corrected chi connectivity index (χ4v) is 2.77. The highest BCUT2D eigenvalue weighted by atomic mass is 35.5. The molecule has 4 aromatic rings. The molecular formula is C19H15ClN6O. The van der Waals surface area contributed by atoms with E-state index in [0.717, 1.165) is 11.3 Å². The van der Waals surface area contributed by atoms with Crippen molar-refractivity contribution >= 4 is 23.3 Å². The van der Waals surface area contributed by atoms with Crippen LogP contribution in [0.5, 0.6) is 0 Å². The van der Waals surface area contributed by atoms with Gasteiger partial charge in [-0.15, -0.1) is 0 Å². The third-order valence-corrected chi connectivity index (χ3v) is 4.10. The van der Waals surface area contributed by atoms with E-state index in [4.69, 9.17) is 11.6 Å². The summed E-state index contributed by atoms with van der Waals surface area (Å²) in [6, 6.07) is 12.8. The molecule has 0 aliphatic heterocycles. The number of hydrogen-bond acceptors (Lipinski definition) is 4. The Balaban J connectivity index is 1.44. The summed E-state index contributed by atoms with van der Waals surface area (Å²) in [5.74, 6) is 0.189. The molecule has 3 aromatic heterocycles. The second-order valence-electron chi connectivity index (χ2n) is 5.87. The number of nitrogens with one attached hydrogen (secondary N) is 1. The Labute approximate surface area is 160 Å². The number of carbonyl (C=O) groups excluding carboxylic acids is 1. The quantitative estimate of drug-likeness (QED) is 0.577. The Kier molecular flexibility index (Phi) is 4.67. The minimum atomic E-state index is -0.282. The van der Waals surface area contributed by atoms with E-state index in [0.29, 0.717) is 22.9 Å². The van der Waals surface area contributed by atoms with Gasteiger partial charge in [0.1, 0.15) is 0 Å². The highest BCUT2D eigenvalue weighted by Gasteiger charge is 2.11. The average molecular weight is 379 g/mol. The highest BCUT2D eigenvalue weighted by Crippen LogP contribution is 2.15. The summed E-state index contributed by atoms with van der Waals surface area (Å²) in [7, 11) is 0. The van der Waals surface area contributed by atoms with Crippen LogP contribution in [0.3, 0.4) is 0 Å². The van der Waals surface area contributed by atoms with Crippen LogP contribution in [0, 0.1) is 0 Å². The molecule has 1 aromatic carbocycles. The maximum Gasteiger partial charge on any atom is 0.260 e. The molecule has 1 N–H and O–H groups in total. The Hall–Kier alpha value is -3.45. The van der Waals surface area contributed by atoms with Crippen LogP contribution < -0.4 is 5.32 Å². The number of rotatable bonds is 5. The lowest BCUT2D eigenvalue weighted by Crippen LogP contribution is -2.12. The first-order valence-corrected chi connectivity index (χ1v) is 8.59. The minimum absolute atomic E-state index is 0.282. The normalized spacial score (nSPS) is 10.7. The molecule has 0 spiro atoms. The van der Waals surface area contributed by atoms with E-state index in [-0.39, 0.29) is 5.91 Å². The molecule has 0 bridgehead atoms. The van der Waals surface area contributed by atoms with Gasteiger partial charge in [-0.3, -0.25) is 14.5 Å². The molecule has 0 aliphatic carbocycles. The van der Waals surface area contributed by atoms with Crippen molar-refractivity contribution in [1.82, 2.24) is 24.5 Å². The zero-order valence-corrected chi connectivity index (χ0v) is 14.9. The first kappa shape index (κ1) is 17.0. The number of nitrogens with zero attached hydrogens (tertiary/aromatic N) is 5. The summed E-state index contributed by atoms with van der Waals surface area (Å²) in [6.45, 7) is 0.580. The van der Waals surface area contributed by atoms with E-state index in [1.807, 2.05) is 24.3 Å². The highest BCUT2D eigenvalue weighted by molar-refractivity contribution is 6.30. The number of benzene rings is 1. The Morgan fingerprint density at radius 1 is 1.15 bits per heavy atom. The van der Waals surface area contributed by atoms with Crippen LogP contribution >= 0.6 is 11.6 Å². The molecule has 8 heteroatoms.